The Morgan fingerprint density at radius 1 is 1.00 bits per heavy atom. The maximum absolute atomic E-state index is 12.0. The first-order chi connectivity index (χ1) is 9.34. The lowest BCUT2D eigenvalue weighted by Crippen LogP contribution is -2.41. The summed E-state index contributed by atoms with van der Waals surface area (Å²) < 4.78 is 0. The van der Waals surface area contributed by atoms with Crippen LogP contribution >= 0.6 is 0 Å². The predicted octanol–water partition coefficient (Wildman–Crippen LogP) is 2.69. The second kappa shape index (κ2) is 5.14. The first-order valence-electron chi connectivity index (χ1n) is 6.52. The lowest BCUT2D eigenvalue weighted by molar-refractivity contribution is -0.117. The number of nitrogens with one attached hydrogen (secondary N) is 1. The van der Waals surface area contributed by atoms with Crippen molar-refractivity contribution in [3.8, 4) is 0 Å². The average Bonchev–Trinajstić information content (AvgIpc) is 2.47. The van der Waals surface area contributed by atoms with Crippen molar-refractivity contribution in [1.29, 1.82) is 0 Å². The number of hydrogen-bond donors (Lipinski definition) is 1. The molecule has 1 amide bonds. The molecule has 0 unspecified atom stereocenters. The van der Waals surface area contributed by atoms with Gasteiger partial charge in [0.05, 0.1) is 17.9 Å². The Hall–Kier alpha value is -2.29. The Kier molecular flexibility index (Phi) is 3.19. The van der Waals surface area contributed by atoms with Crippen LogP contribution in [0.5, 0.6) is 0 Å². The zero-order valence-corrected chi connectivity index (χ0v) is 10.7. The highest BCUT2D eigenvalue weighted by Crippen LogP contribution is 2.28. The van der Waals surface area contributed by atoms with Crippen molar-refractivity contribution in [3.63, 3.8) is 0 Å². The molecule has 19 heavy (non-hydrogen) atoms. The van der Waals surface area contributed by atoms with Crippen LogP contribution in [-0.4, -0.2) is 19.0 Å². The van der Waals surface area contributed by atoms with E-state index in [1.54, 1.807) is 0 Å². The number of fused-ring (bicyclic) bond motifs is 1. The zero-order valence-electron chi connectivity index (χ0n) is 10.7. The van der Waals surface area contributed by atoms with E-state index < -0.39 is 0 Å². The van der Waals surface area contributed by atoms with Crippen molar-refractivity contribution >= 4 is 17.3 Å². The minimum absolute atomic E-state index is 0.134. The molecular weight excluding hydrogens is 236 g/mol. The number of para-hydroxylation sites is 2. The molecule has 96 valence electrons. The molecule has 0 aliphatic carbocycles. The van der Waals surface area contributed by atoms with Crippen molar-refractivity contribution in [2.45, 2.75) is 6.42 Å². The van der Waals surface area contributed by atoms with E-state index in [1.165, 1.54) is 5.56 Å². The van der Waals surface area contributed by atoms with Crippen molar-refractivity contribution < 1.29 is 4.79 Å². The van der Waals surface area contributed by atoms with E-state index in [9.17, 15) is 4.79 Å². The molecule has 0 bridgehead atoms. The number of anilines is 2. The summed E-state index contributed by atoms with van der Waals surface area (Å²) in [6.07, 6.45) is 0.876. The van der Waals surface area contributed by atoms with Crippen LogP contribution in [0.2, 0.25) is 0 Å². The van der Waals surface area contributed by atoms with E-state index in [0.717, 1.165) is 24.3 Å². The molecule has 2 aromatic carbocycles. The van der Waals surface area contributed by atoms with Crippen molar-refractivity contribution in [1.82, 2.24) is 0 Å². The second-order valence-electron chi connectivity index (χ2n) is 4.65. The standard InChI is InChI=1S/C16H16N2O/c19-16-12-17-14-8-4-5-9-15(14)18(16)11-10-13-6-2-1-3-7-13/h1-9,17H,10-12H2. The van der Waals surface area contributed by atoms with E-state index in [4.69, 9.17) is 0 Å². The number of hydrogen-bond acceptors (Lipinski definition) is 2. The van der Waals surface area contributed by atoms with Gasteiger partial charge in [-0.25, -0.2) is 0 Å². The van der Waals surface area contributed by atoms with Crippen LogP contribution in [0.4, 0.5) is 11.4 Å². The van der Waals surface area contributed by atoms with Gasteiger partial charge in [-0.3, -0.25) is 4.79 Å². The summed E-state index contributed by atoms with van der Waals surface area (Å²) in [7, 11) is 0. The van der Waals surface area contributed by atoms with E-state index in [1.807, 2.05) is 47.4 Å². The van der Waals surface area contributed by atoms with Gasteiger partial charge in [0.15, 0.2) is 0 Å². The summed E-state index contributed by atoms with van der Waals surface area (Å²) in [6.45, 7) is 1.10. The third-order valence-corrected chi connectivity index (χ3v) is 3.39. The lowest BCUT2D eigenvalue weighted by atomic mass is 10.1. The Labute approximate surface area is 112 Å². The fourth-order valence-corrected chi connectivity index (χ4v) is 2.39. The third-order valence-electron chi connectivity index (χ3n) is 3.39. The fraction of sp³-hybridized carbons (Fsp3) is 0.188. The van der Waals surface area contributed by atoms with Crippen molar-refractivity contribution in [3.05, 3.63) is 60.2 Å². The highest BCUT2D eigenvalue weighted by Gasteiger charge is 2.22. The van der Waals surface area contributed by atoms with E-state index in [-0.39, 0.29) is 5.91 Å². The minimum Gasteiger partial charge on any atom is -0.374 e. The zero-order chi connectivity index (χ0) is 13.1. The smallest absolute Gasteiger partial charge is 0.246 e. The minimum atomic E-state index is 0.134. The maximum atomic E-state index is 12.0. The quantitative estimate of drug-likeness (QED) is 0.911. The van der Waals surface area contributed by atoms with Gasteiger partial charge in [-0.05, 0) is 24.1 Å². The Bertz CT molecular complexity index is 580. The first kappa shape index (κ1) is 11.8. The Morgan fingerprint density at radius 2 is 1.74 bits per heavy atom. The van der Waals surface area contributed by atoms with Crippen molar-refractivity contribution in [2.24, 2.45) is 0 Å². The van der Waals surface area contributed by atoms with Gasteiger partial charge >= 0.3 is 0 Å². The molecular formula is C16H16N2O. The molecule has 1 aliphatic rings. The van der Waals surface area contributed by atoms with Gasteiger partial charge in [-0.1, -0.05) is 42.5 Å². The van der Waals surface area contributed by atoms with Crippen LogP contribution in [0, 0.1) is 0 Å². The van der Waals surface area contributed by atoms with Gasteiger partial charge in [0.2, 0.25) is 5.91 Å². The molecule has 0 spiro atoms. The molecule has 3 rings (SSSR count). The molecule has 3 nitrogen and oxygen atoms in total. The number of rotatable bonds is 3. The summed E-state index contributed by atoms with van der Waals surface area (Å²) in [6, 6.07) is 18.2. The molecule has 0 saturated heterocycles. The van der Waals surface area contributed by atoms with E-state index in [2.05, 4.69) is 17.4 Å². The topological polar surface area (TPSA) is 32.3 Å². The number of carbonyl (C=O) groups excluding carboxylic acids is 1. The Morgan fingerprint density at radius 3 is 2.58 bits per heavy atom. The molecule has 0 fully saturated rings. The van der Waals surface area contributed by atoms with Crippen LogP contribution in [0.1, 0.15) is 5.56 Å². The fourth-order valence-electron chi connectivity index (χ4n) is 2.39. The van der Waals surface area contributed by atoms with Gasteiger partial charge in [-0.15, -0.1) is 0 Å². The van der Waals surface area contributed by atoms with Crippen LogP contribution in [0.3, 0.4) is 0 Å². The summed E-state index contributed by atoms with van der Waals surface area (Å²) >= 11 is 0. The largest absolute Gasteiger partial charge is 0.374 e. The van der Waals surface area contributed by atoms with Crippen LogP contribution in [0.25, 0.3) is 0 Å². The van der Waals surface area contributed by atoms with Gasteiger partial charge in [0, 0.05) is 6.54 Å². The van der Waals surface area contributed by atoms with Gasteiger partial charge in [0.1, 0.15) is 0 Å². The highest BCUT2D eigenvalue weighted by molar-refractivity contribution is 6.02. The van der Waals surface area contributed by atoms with Gasteiger partial charge in [-0.2, -0.15) is 0 Å². The summed E-state index contributed by atoms with van der Waals surface area (Å²) in [5.41, 5.74) is 3.27. The molecule has 0 radical (unpaired) electrons. The van der Waals surface area contributed by atoms with Crippen LogP contribution in [0.15, 0.2) is 54.6 Å². The molecule has 1 aliphatic heterocycles. The monoisotopic (exact) mass is 252 g/mol. The molecule has 0 atom stereocenters. The van der Waals surface area contributed by atoms with Crippen LogP contribution < -0.4 is 10.2 Å². The van der Waals surface area contributed by atoms with Gasteiger partial charge < -0.3 is 10.2 Å². The molecule has 2 aromatic rings. The van der Waals surface area contributed by atoms with Crippen molar-refractivity contribution in [2.75, 3.05) is 23.3 Å². The highest BCUT2D eigenvalue weighted by atomic mass is 16.2. The molecule has 1 N–H and O–H groups in total. The van der Waals surface area contributed by atoms with Gasteiger partial charge in [0.25, 0.3) is 0 Å². The van der Waals surface area contributed by atoms with E-state index >= 15 is 0 Å². The maximum Gasteiger partial charge on any atom is 0.246 e. The number of benzene rings is 2. The normalized spacial score (nSPS) is 13.9. The summed E-state index contributed by atoms with van der Waals surface area (Å²) in [5.74, 6) is 0.134. The number of carbonyl (C=O) groups is 1. The average molecular weight is 252 g/mol. The molecule has 3 heteroatoms. The van der Waals surface area contributed by atoms with Crippen LogP contribution in [-0.2, 0) is 11.2 Å². The number of nitrogens with zero attached hydrogens (tertiary/aromatic N) is 1. The molecule has 0 saturated carbocycles. The molecule has 1 heterocycles. The third kappa shape index (κ3) is 2.45. The lowest BCUT2D eigenvalue weighted by Gasteiger charge is -2.30. The number of amides is 1. The Balaban J connectivity index is 1.79. The SMILES string of the molecule is O=C1CNc2ccccc2N1CCc1ccccc1. The first-order valence-corrected chi connectivity index (χ1v) is 6.52. The summed E-state index contributed by atoms with van der Waals surface area (Å²) in [5, 5.41) is 3.15. The van der Waals surface area contributed by atoms with E-state index in [0.29, 0.717) is 6.54 Å². The second-order valence-corrected chi connectivity index (χ2v) is 4.65. The molecule has 0 aromatic heterocycles. The summed E-state index contributed by atoms with van der Waals surface area (Å²) in [4.78, 5) is 13.9. The predicted molar refractivity (Wildman–Crippen MR) is 77.4 cm³/mol.